The number of amides is 3. The number of nitrogens with zero attached hydrogens (tertiary/aromatic N) is 3. The Hall–Kier alpha value is -3.15. The summed E-state index contributed by atoms with van der Waals surface area (Å²) < 4.78 is 12.5. The molecule has 0 saturated carbocycles. The van der Waals surface area contributed by atoms with Gasteiger partial charge in [0.05, 0.1) is 24.9 Å². The summed E-state index contributed by atoms with van der Waals surface area (Å²) in [5, 5.41) is 10.6. The molecule has 0 bridgehead atoms. The molecule has 1 fully saturated rings. The number of esters is 1. The monoisotopic (exact) mass is 565 g/mol. The van der Waals surface area contributed by atoms with Gasteiger partial charge in [-0.1, -0.05) is 22.0 Å². The number of hydrogen-bond donors (Lipinski definition) is 2. The van der Waals surface area contributed by atoms with Gasteiger partial charge in [0.2, 0.25) is 11.8 Å². The fourth-order valence-electron chi connectivity index (χ4n) is 3.96. The van der Waals surface area contributed by atoms with Gasteiger partial charge in [-0.3, -0.25) is 19.1 Å². The Morgan fingerprint density at radius 1 is 1.08 bits per heavy atom. The number of nitrogens with one attached hydrogen (secondary N) is 2. The van der Waals surface area contributed by atoms with Gasteiger partial charge >= 0.3 is 12.1 Å². The number of likely N-dealkylation sites (tertiary alicyclic amines) is 1. The summed E-state index contributed by atoms with van der Waals surface area (Å²) in [6.45, 7) is 6.04. The van der Waals surface area contributed by atoms with Gasteiger partial charge in [0.1, 0.15) is 18.7 Å². The van der Waals surface area contributed by atoms with Crippen LogP contribution in [0, 0.1) is 0 Å². The van der Waals surface area contributed by atoms with Crippen molar-refractivity contribution in [1.29, 1.82) is 0 Å². The Kier molecular flexibility index (Phi) is 8.93. The molecule has 2 N–H and O–H groups in total. The van der Waals surface area contributed by atoms with Crippen LogP contribution >= 0.6 is 15.9 Å². The predicted molar refractivity (Wildman–Crippen MR) is 135 cm³/mol. The lowest BCUT2D eigenvalue weighted by molar-refractivity contribution is -0.141. The highest BCUT2D eigenvalue weighted by Crippen LogP contribution is 2.36. The molecule has 11 nitrogen and oxygen atoms in total. The smallest absolute Gasteiger partial charge is 0.410 e. The van der Waals surface area contributed by atoms with E-state index in [1.807, 2.05) is 39.0 Å². The zero-order valence-electron chi connectivity index (χ0n) is 20.9. The van der Waals surface area contributed by atoms with Crippen molar-refractivity contribution in [2.24, 2.45) is 0 Å². The van der Waals surface area contributed by atoms with Crippen LogP contribution in [0.2, 0.25) is 0 Å². The van der Waals surface area contributed by atoms with Crippen molar-refractivity contribution in [3.63, 3.8) is 0 Å². The standard InChI is InChI=1S/C24H32BrN5O6/c1-24(2,3)36-23(34)29-10-8-15(9-11-29)22-21-16(25)6-5-7-17(21)30(28-22)14-19(32)26-12-18(31)27-13-20(33)35-4/h5-7,15H,8-14H2,1-4H3,(H,26,32)(H,27,31). The minimum Gasteiger partial charge on any atom is -0.468 e. The third-order valence-corrected chi connectivity index (χ3v) is 6.35. The molecular formula is C24H32BrN5O6. The Morgan fingerprint density at radius 2 is 1.75 bits per heavy atom. The molecule has 2 aromatic rings. The number of ether oxygens (including phenoxy) is 2. The molecule has 12 heteroatoms. The topological polar surface area (TPSA) is 132 Å². The van der Waals surface area contributed by atoms with Crippen LogP contribution in [-0.4, -0.2) is 77.4 Å². The number of methoxy groups -OCH3 is 1. The molecule has 1 saturated heterocycles. The number of halogens is 1. The van der Waals surface area contributed by atoms with Crippen LogP contribution in [0.25, 0.3) is 10.9 Å². The molecule has 2 heterocycles. The van der Waals surface area contributed by atoms with Crippen LogP contribution in [0.1, 0.15) is 45.2 Å². The van der Waals surface area contributed by atoms with Gasteiger partial charge in [-0.15, -0.1) is 0 Å². The van der Waals surface area contributed by atoms with Crippen molar-refractivity contribution in [2.45, 2.75) is 51.7 Å². The number of hydrogen-bond acceptors (Lipinski definition) is 7. The maximum atomic E-state index is 12.5. The van der Waals surface area contributed by atoms with Crippen LogP contribution in [0.4, 0.5) is 4.79 Å². The summed E-state index contributed by atoms with van der Waals surface area (Å²) in [5.74, 6) is -1.36. The zero-order valence-corrected chi connectivity index (χ0v) is 22.5. The minimum absolute atomic E-state index is 0.0754. The van der Waals surface area contributed by atoms with E-state index >= 15 is 0 Å². The van der Waals surface area contributed by atoms with Crippen LogP contribution in [0.3, 0.4) is 0 Å². The molecular weight excluding hydrogens is 534 g/mol. The quantitative estimate of drug-likeness (QED) is 0.492. The molecule has 1 aromatic carbocycles. The second kappa shape index (κ2) is 11.7. The first kappa shape index (κ1) is 27.4. The molecule has 0 atom stereocenters. The number of rotatable bonds is 7. The molecule has 0 aliphatic carbocycles. The lowest BCUT2D eigenvalue weighted by atomic mass is 9.92. The van der Waals surface area contributed by atoms with E-state index in [0.717, 1.165) is 33.9 Å². The van der Waals surface area contributed by atoms with Crippen molar-refractivity contribution in [2.75, 3.05) is 33.3 Å². The van der Waals surface area contributed by atoms with E-state index in [4.69, 9.17) is 9.84 Å². The van der Waals surface area contributed by atoms with Crippen molar-refractivity contribution in [3.8, 4) is 0 Å². The van der Waals surface area contributed by atoms with E-state index in [1.165, 1.54) is 7.11 Å². The number of piperidine rings is 1. The van der Waals surface area contributed by atoms with Crippen LogP contribution in [0.5, 0.6) is 0 Å². The Balaban J connectivity index is 1.67. The molecule has 1 aromatic heterocycles. The van der Waals surface area contributed by atoms with Crippen molar-refractivity contribution in [1.82, 2.24) is 25.3 Å². The first-order valence-electron chi connectivity index (χ1n) is 11.7. The fourth-order valence-corrected chi connectivity index (χ4v) is 4.52. The van der Waals surface area contributed by atoms with E-state index in [1.54, 1.807) is 9.58 Å². The number of carbonyl (C=O) groups excluding carboxylic acids is 4. The van der Waals surface area contributed by atoms with Crippen molar-refractivity contribution < 1.29 is 28.7 Å². The predicted octanol–water partition coefficient (Wildman–Crippen LogP) is 2.32. The maximum absolute atomic E-state index is 12.5. The van der Waals surface area contributed by atoms with Crippen molar-refractivity contribution >= 4 is 50.7 Å². The van der Waals surface area contributed by atoms with E-state index in [9.17, 15) is 19.2 Å². The van der Waals surface area contributed by atoms with Crippen LogP contribution < -0.4 is 10.6 Å². The first-order valence-corrected chi connectivity index (χ1v) is 12.5. The second-order valence-electron chi connectivity index (χ2n) is 9.55. The maximum Gasteiger partial charge on any atom is 0.410 e. The van der Waals surface area contributed by atoms with E-state index in [2.05, 4.69) is 31.3 Å². The van der Waals surface area contributed by atoms with Gasteiger partial charge in [0.15, 0.2) is 0 Å². The average Bonchev–Trinajstić information content (AvgIpc) is 3.19. The summed E-state index contributed by atoms with van der Waals surface area (Å²) in [5.41, 5.74) is 1.11. The molecule has 3 amide bonds. The molecule has 0 radical (unpaired) electrons. The Labute approximate surface area is 218 Å². The lowest BCUT2D eigenvalue weighted by Crippen LogP contribution is -2.41. The number of fused-ring (bicyclic) bond motifs is 1. The normalized spacial score (nSPS) is 14.4. The fraction of sp³-hybridized carbons (Fsp3) is 0.542. The van der Waals surface area contributed by atoms with Crippen molar-refractivity contribution in [3.05, 3.63) is 28.4 Å². The molecule has 0 unspecified atom stereocenters. The number of carbonyl (C=O) groups is 4. The van der Waals surface area contributed by atoms with Gasteiger partial charge in [-0.2, -0.15) is 5.10 Å². The minimum atomic E-state index is -0.576. The Bertz CT molecular complexity index is 1130. The third kappa shape index (κ3) is 7.19. The van der Waals surface area contributed by atoms with E-state index in [-0.39, 0.29) is 37.6 Å². The number of benzene rings is 1. The largest absolute Gasteiger partial charge is 0.468 e. The molecule has 36 heavy (non-hydrogen) atoms. The van der Waals surface area contributed by atoms with Gasteiger partial charge in [-0.05, 0) is 45.7 Å². The summed E-state index contributed by atoms with van der Waals surface area (Å²) in [6.07, 6.45) is 1.13. The lowest BCUT2D eigenvalue weighted by Gasteiger charge is -2.33. The van der Waals surface area contributed by atoms with Gasteiger partial charge in [-0.25, -0.2) is 4.79 Å². The summed E-state index contributed by atoms with van der Waals surface area (Å²) in [7, 11) is 1.22. The average molecular weight is 566 g/mol. The summed E-state index contributed by atoms with van der Waals surface area (Å²) in [4.78, 5) is 49.7. The van der Waals surface area contributed by atoms with E-state index < -0.39 is 17.5 Å². The summed E-state index contributed by atoms with van der Waals surface area (Å²) in [6, 6.07) is 5.69. The van der Waals surface area contributed by atoms with Crippen LogP contribution in [-0.2, 0) is 30.4 Å². The molecule has 3 rings (SSSR count). The third-order valence-electron chi connectivity index (χ3n) is 5.68. The summed E-state index contributed by atoms with van der Waals surface area (Å²) >= 11 is 3.62. The Morgan fingerprint density at radius 3 is 2.39 bits per heavy atom. The number of aromatic nitrogens is 2. The highest BCUT2D eigenvalue weighted by atomic mass is 79.9. The van der Waals surface area contributed by atoms with Gasteiger partial charge in [0, 0.05) is 28.9 Å². The molecule has 1 aliphatic rings. The van der Waals surface area contributed by atoms with Gasteiger partial charge in [0.25, 0.3) is 0 Å². The van der Waals surface area contributed by atoms with Gasteiger partial charge < -0.3 is 25.0 Å². The van der Waals surface area contributed by atoms with E-state index in [0.29, 0.717) is 13.1 Å². The highest BCUT2D eigenvalue weighted by Gasteiger charge is 2.30. The first-order chi connectivity index (χ1) is 17.0. The zero-order chi connectivity index (χ0) is 26.5. The SMILES string of the molecule is COC(=O)CNC(=O)CNC(=O)Cn1nc(C2CCN(C(=O)OC(C)(C)C)CC2)c2c(Br)cccc21. The molecule has 0 spiro atoms. The molecule has 196 valence electrons. The molecule has 1 aliphatic heterocycles. The highest BCUT2D eigenvalue weighted by molar-refractivity contribution is 9.10. The second-order valence-corrected chi connectivity index (χ2v) is 10.4. The van der Waals surface area contributed by atoms with Crippen LogP contribution in [0.15, 0.2) is 22.7 Å².